The minimum absolute atomic E-state index is 0.102. The lowest BCUT2D eigenvalue weighted by atomic mass is 10.0. The molecular formula is C19H20ClNO5. The molecule has 0 saturated heterocycles. The van der Waals surface area contributed by atoms with E-state index in [9.17, 15) is 19.8 Å². The van der Waals surface area contributed by atoms with E-state index in [1.165, 1.54) is 18.2 Å². The summed E-state index contributed by atoms with van der Waals surface area (Å²) in [7, 11) is 0. The topological polar surface area (TPSA) is 95.9 Å². The summed E-state index contributed by atoms with van der Waals surface area (Å²) in [4.78, 5) is 22.5. The van der Waals surface area contributed by atoms with Gasteiger partial charge in [-0.15, -0.1) is 0 Å². The molecule has 0 aliphatic rings. The summed E-state index contributed by atoms with van der Waals surface area (Å²) in [5, 5.41) is 23.1. The second kappa shape index (κ2) is 9.91. The number of amides is 1. The molecule has 0 bridgehead atoms. The molecule has 1 amide bonds. The third-order valence-corrected chi connectivity index (χ3v) is 3.92. The van der Waals surface area contributed by atoms with Gasteiger partial charge in [-0.05, 0) is 35.7 Å². The van der Waals surface area contributed by atoms with Crippen molar-refractivity contribution in [1.82, 2.24) is 5.32 Å². The standard InChI is InChI=1S/C19H20ClNO5/c20-16-9-14(11-22)8-15(10-16)18(24)17(23)6-7-21-19(25)26-12-13-4-2-1-3-5-13/h1-5,8-11,17-18,23-24H,6-7,12H2,(H,21,25). The Balaban J connectivity index is 1.77. The van der Waals surface area contributed by atoms with Gasteiger partial charge in [-0.3, -0.25) is 4.79 Å². The Bertz CT molecular complexity index is 738. The smallest absolute Gasteiger partial charge is 0.407 e. The number of carbonyl (C=O) groups excluding carboxylic acids is 2. The quantitative estimate of drug-likeness (QED) is 0.615. The van der Waals surface area contributed by atoms with Crippen molar-refractivity contribution in [2.24, 2.45) is 0 Å². The van der Waals surface area contributed by atoms with Crippen molar-refractivity contribution < 1.29 is 24.5 Å². The highest BCUT2D eigenvalue weighted by Crippen LogP contribution is 2.23. The fourth-order valence-corrected chi connectivity index (χ4v) is 2.60. The van der Waals surface area contributed by atoms with Gasteiger partial charge in [-0.1, -0.05) is 41.9 Å². The second-order valence-electron chi connectivity index (χ2n) is 5.73. The zero-order valence-corrected chi connectivity index (χ0v) is 14.7. The molecule has 0 aliphatic carbocycles. The first kappa shape index (κ1) is 19.9. The molecule has 0 radical (unpaired) electrons. The lowest BCUT2D eigenvalue weighted by Gasteiger charge is -2.19. The average molecular weight is 378 g/mol. The molecule has 6 nitrogen and oxygen atoms in total. The van der Waals surface area contributed by atoms with Crippen LogP contribution in [0.3, 0.4) is 0 Å². The molecule has 138 valence electrons. The Labute approximate surface area is 156 Å². The molecule has 26 heavy (non-hydrogen) atoms. The third-order valence-electron chi connectivity index (χ3n) is 3.71. The van der Waals surface area contributed by atoms with Crippen molar-refractivity contribution in [3.05, 3.63) is 70.2 Å². The number of nitrogens with one attached hydrogen (secondary N) is 1. The van der Waals surface area contributed by atoms with E-state index >= 15 is 0 Å². The predicted molar refractivity (Wildman–Crippen MR) is 97.1 cm³/mol. The van der Waals surface area contributed by atoms with Gasteiger partial charge in [-0.2, -0.15) is 0 Å². The fourth-order valence-electron chi connectivity index (χ4n) is 2.35. The third kappa shape index (κ3) is 6.15. The number of rotatable bonds is 8. The summed E-state index contributed by atoms with van der Waals surface area (Å²) in [5.74, 6) is 0. The van der Waals surface area contributed by atoms with Crippen LogP contribution in [0.25, 0.3) is 0 Å². The summed E-state index contributed by atoms with van der Waals surface area (Å²) >= 11 is 5.88. The maximum absolute atomic E-state index is 11.6. The highest BCUT2D eigenvalue weighted by molar-refractivity contribution is 6.30. The number of carbonyl (C=O) groups is 2. The van der Waals surface area contributed by atoms with E-state index < -0.39 is 18.3 Å². The first-order chi connectivity index (χ1) is 12.5. The summed E-state index contributed by atoms with van der Waals surface area (Å²) in [6.07, 6.45) is -2.26. The Morgan fingerprint density at radius 1 is 1.19 bits per heavy atom. The van der Waals surface area contributed by atoms with Crippen molar-refractivity contribution in [1.29, 1.82) is 0 Å². The highest BCUT2D eigenvalue weighted by Gasteiger charge is 2.19. The van der Waals surface area contributed by atoms with Crippen LogP contribution in [0.4, 0.5) is 4.79 Å². The number of aliphatic hydroxyl groups excluding tert-OH is 2. The van der Waals surface area contributed by atoms with Crippen LogP contribution in [-0.4, -0.2) is 35.2 Å². The highest BCUT2D eigenvalue weighted by atomic mass is 35.5. The molecule has 0 saturated carbocycles. The van der Waals surface area contributed by atoms with Crippen LogP contribution in [0, 0.1) is 0 Å². The number of aldehydes is 1. The molecule has 2 aromatic rings. The minimum atomic E-state index is -1.23. The normalized spacial score (nSPS) is 12.9. The largest absolute Gasteiger partial charge is 0.445 e. The molecule has 0 aromatic heterocycles. The monoisotopic (exact) mass is 377 g/mol. The molecule has 2 atom stereocenters. The van der Waals surface area contributed by atoms with Crippen LogP contribution in [0.1, 0.15) is 34.0 Å². The van der Waals surface area contributed by atoms with E-state index in [0.717, 1.165) is 5.56 Å². The number of ether oxygens (including phenoxy) is 1. The Morgan fingerprint density at radius 3 is 2.62 bits per heavy atom. The van der Waals surface area contributed by atoms with Gasteiger partial charge in [-0.25, -0.2) is 4.79 Å². The van der Waals surface area contributed by atoms with Crippen LogP contribution in [-0.2, 0) is 11.3 Å². The molecule has 2 unspecified atom stereocenters. The van der Waals surface area contributed by atoms with Crippen molar-refractivity contribution in [3.63, 3.8) is 0 Å². The Hall–Kier alpha value is -2.41. The van der Waals surface area contributed by atoms with E-state index in [1.807, 2.05) is 30.3 Å². The Kier molecular flexibility index (Phi) is 7.59. The van der Waals surface area contributed by atoms with E-state index in [4.69, 9.17) is 16.3 Å². The minimum Gasteiger partial charge on any atom is -0.445 e. The van der Waals surface area contributed by atoms with Gasteiger partial charge >= 0.3 is 6.09 Å². The number of aliphatic hydroxyl groups is 2. The number of halogens is 1. The van der Waals surface area contributed by atoms with Crippen LogP contribution < -0.4 is 5.32 Å². The number of benzene rings is 2. The van der Waals surface area contributed by atoms with Crippen molar-refractivity contribution in [2.75, 3.05) is 6.54 Å². The summed E-state index contributed by atoms with van der Waals surface area (Å²) in [5.41, 5.74) is 1.50. The fraction of sp³-hybridized carbons (Fsp3) is 0.263. The maximum Gasteiger partial charge on any atom is 0.407 e. The van der Waals surface area contributed by atoms with Crippen LogP contribution in [0.5, 0.6) is 0 Å². The lowest BCUT2D eigenvalue weighted by Crippen LogP contribution is -2.29. The van der Waals surface area contributed by atoms with Crippen molar-refractivity contribution >= 4 is 24.0 Å². The lowest BCUT2D eigenvalue weighted by molar-refractivity contribution is 0.0136. The molecule has 7 heteroatoms. The average Bonchev–Trinajstić information content (AvgIpc) is 2.65. The van der Waals surface area contributed by atoms with Crippen molar-refractivity contribution in [2.45, 2.75) is 25.2 Å². The zero-order valence-electron chi connectivity index (χ0n) is 14.0. The molecule has 3 N–H and O–H groups in total. The van der Waals surface area contributed by atoms with E-state index in [-0.39, 0.29) is 19.6 Å². The van der Waals surface area contributed by atoms with Gasteiger partial charge in [0.25, 0.3) is 0 Å². The summed E-state index contributed by atoms with van der Waals surface area (Å²) < 4.78 is 5.05. The van der Waals surface area contributed by atoms with Gasteiger partial charge in [0.2, 0.25) is 0 Å². The molecule has 0 aliphatic heterocycles. The van der Waals surface area contributed by atoms with E-state index in [1.54, 1.807) is 0 Å². The first-order valence-electron chi connectivity index (χ1n) is 8.06. The number of hydrogen-bond acceptors (Lipinski definition) is 5. The maximum atomic E-state index is 11.6. The van der Waals surface area contributed by atoms with E-state index in [0.29, 0.717) is 22.4 Å². The molecule has 2 rings (SSSR count). The van der Waals surface area contributed by atoms with Gasteiger partial charge in [0.1, 0.15) is 19.0 Å². The molecule has 0 spiro atoms. The van der Waals surface area contributed by atoms with Crippen LogP contribution in [0.2, 0.25) is 5.02 Å². The zero-order chi connectivity index (χ0) is 18.9. The Morgan fingerprint density at radius 2 is 1.92 bits per heavy atom. The van der Waals surface area contributed by atoms with Gasteiger partial charge in [0, 0.05) is 17.1 Å². The molecule has 0 heterocycles. The van der Waals surface area contributed by atoms with Crippen molar-refractivity contribution in [3.8, 4) is 0 Å². The second-order valence-corrected chi connectivity index (χ2v) is 6.16. The van der Waals surface area contributed by atoms with E-state index in [2.05, 4.69) is 5.32 Å². The summed E-state index contributed by atoms with van der Waals surface area (Å²) in [6, 6.07) is 13.6. The van der Waals surface area contributed by atoms with Crippen LogP contribution >= 0.6 is 11.6 Å². The number of alkyl carbamates (subject to hydrolysis) is 1. The number of hydrogen-bond donors (Lipinski definition) is 3. The summed E-state index contributed by atoms with van der Waals surface area (Å²) in [6.45, 7) is 0.266. The SMILES string of the molecule is O=Cc1cc(Cl)cc(C(O)C(O)CCNC(=O)OCc2ccccc2)c1. The predicted octanol–water partition coefficient (Wildman–Crippen LogP) is 2.86. The van der Waals surface area contributed by atoms with Crippen LogP contribution in [0.15, 0.2) is 48.5 Å². The van der Waals surface area contributed by atoms with Gasteiger partial charge in [0.15, 0.2) is 0 Å². The molecular weight excluding hydrogens is 358 g/mol. The first-order valence-corrected chi connectivity index (χ1v) is 8.43. The molecule has 2 aromatic carbocycles. The van der Waals surface area contributed by atoms with Gasteiger partial charge in [0.05, 0.1) is 6.10 Å². The van der Waals surface area contributed by atoms with Gasteiger partial charge < -0.3 is 20.3 Å². The molecule has 0 fully saturated rings.